The molecule has 0 atom stereocenters. The van der Waals surface area contributed by atoms with E-state index in [1.807, 2.05) is 17.8 Å². The maximum absolute atomic E-state index is 13.8. The van der Waals surface area contributed by atoms with Crippen LogP contribution in [0.2, 0.25) is 5.02 Å². The third kappa shape index (κ3) is 6.49. The van der Waals surface area contributed by atoms with E-state index in [1.165, 1.54) is 43.0 Å². The van der Waals surface area contributed by atoms with Crippen molar-refractivity contribution in [2.24, 2.45) is 16.5 Å². The Bertz CT molecular complexity index is 1490. The highest BCUT2D eigenvalue weighted by atomic mass is 35.5. The van der Waals surface area contributed by atoms with Crippen LogP contribution >= 0.6 is 11.6 Å². The Labute approximate surface area is 232 Å². The molecule has 10 heteroatoms. The molecule has 1 amide bonds. The van der Waals surface area contributed by atoms with Crippen LogP contribution in [0.3, 0.4) is 0 Å². The van der Waals surface area contributed by atoms with E-state index in [-0.39, 0.29) is 17.9 Å². The van der Waals surface area contributed by atoms with Gasteiger partial charge < -0.3 is 22.1 Å². The Hall–Kier alpha value is -4.11. The largest absolute Gasteiger partial charge is 0.388 e. The molecule has 2 heterocycles. The Morgan fingerprint density at radius 2 is 1.92 bits per heavy atom. The number of amides is 1. The summed E-state index contributed by atoms with van der Waals surface area (Å²) in [5.74, 6) is -0.191. The summed E-state index contributed by atoms with van der Waals surface area (Å²) in [5, 5.41) is 11.9. The molecule has 0 unspecified atom stereocenters. The lowest BCUT2D eigenvalue weighted by Gasteiger charge is -2.25. The number of hydrogen-bond donors (Lipinski definition) is 4. The average Bonchev–Trinajstić information content (AvgIpc) is 3.36. The monoisotopic (exact) mass is 549 g/mol. The molecule has 8 nitrogen and oxygen atoms in total. The third-order valence-corrected chi connectivity index (χ3v) is 7.16. The number of carbonyl (C=O) groups is 1. The second-order valence-electron chi connectivity index (χ2n) is 9.48. The van der Waals surface area contributed by atoms with Crippen LogP contribution in [0.15, 0.2) is 59.9 Å². The van der Waals surface area contributed by atoms with Crippen molar-refractivity contribution in [2.75, 3.05) is 17.7 Å². The molecule has 1 saturated carbocycles. The number of nitrogens with one attached hydrogen (secondary N) is 2. The lowest BCUT2D eigenvalue weighted by atomic mass is 9.95. The number of hydrogen-bond acceptors (Lipinski definition) is 5. The lowest BCUT2D eigenvalue weighted by molar-refractivity contribution is -0.106. The lowest BCUT2D eigenvalue weighted by Crippen LogP contribution is -2.25. The zero-order valence-electron chi connectivity index (χ0n) is 22.0. The van der Waals surface area contributed by atoms with Crippen molar-refractivity contribution in [3.8, 4) is 11.1 Å². The molecule has 39 heavy (non-hydrogen) atoms. The van der Waals surface area contributed by atoms with E-state index in [1.54, 1.807) is 6.20 Å². The standard InChI is InChI=1S/C28H30ClFN6.CH3NO/c1-17-12-21(32-2)9-10-22(17)18-13-26-27(34-20-6-4-3-5-7-20)23(15-33-36(26)16-18)28(31)35-25-14-19(30)8-11-24(25)29;2-1-3/h8-16,20,32,34H,3-7H2,1-2H3,(H2,31,35);1H,(H2,2,3). The van der Waals surface area contributed by atoms with Crippen LogP contribution in [-0.2, 0) is 4.79 Å². The van der Waals surface area contributed by atoms with Crippen LogP contribution < -0.4 is 22.1 Å². The molecule has 0 aliphatic heterocycles. The van der Waals surface area contributed by atoms with Crippen molar-refractivity contribution in [3.05, 3.63) is 76.8 Å². The van der Waals surface area contributed by atoms with E-state index in [0.29, 0.717) is 16.6 Å². The number of rotatable bonds is 6. The summed E-state index contributed by atoms with van der Waals surface area (Å²) in [6.45, 7) is 2.10. The fourth-order valence-electron chi connectivity index (χ4n) is 4.91. The summed E-state index contributed by atoms with van der Waals surface area (Å²) >= 11 is 6.26. The van der Waals surface area contributed by atoms with Crippen LogP contribution in [0, 0.1) is 12.7 Å². The number of nitrogens with two attached hydrogens (primary N) is 2. The van der Waals surface area contributed by atoms with Gasteiger partial charge in [-0.2, -0.15) is 5.10 Å². The highest BCUT2D eigenvalue weighted by Crippen LogP contribution is 2.34. The molecule has 0 bridgehead atoms. The van der Waals surface area contributed by atoms with Gasteiger partial charge in [0.1, 0.15) is 11.7 Å². The number of primary amides is 1. The number of amidine groups is 1. The third-order valence-electron chi connectivity index (χ3n) is 6.84. The summed E-state index contributed by atoms with van der Waals surface area (Å²) in [6, 6.07) is 12.8. The summed E-state index contributed by atoms with van der Waals surface area (Å²) in [5.41, 5.74) is 17.8. The summed E-state index contributed by atoms with van der Waals surface area (Å²) < 4.78 is 15.7. The number of anilines is 2. The van der Waals surface area contributed by atoms with Gasteiger partial charge in [-0.15, -0.1) is 0 Å². The van der Waals surface area contributed by atoms with Crippen LogP contribution in [0.1, 0.15) is 43.2 Å². The molecular formula is C29H33ClFN7O. The number of nitrogens with zero attached hydrogens (tertiary/aromatic N) is 3. The topological polar surface area (TPSA) is 123 Å². The van der Waals surface area contributed by atoms with E-state index in [2.05, 4.69) is 57.6 Å². The average molecular weight is 550 g/mol. The second-order valence-corrected chi connectivity index (χ2v) is 9.89. The molecule has 0 spiro atoms. The van der Waals surface area contributed by atoms with Crippen molar-refractivity contribution in [2.45, 2.75) is 45.1 Å². The minimum absolute atomic E-state index is 0.230. The van der Waals surface area contributed by atoms with Gasteiger partial charge in [0.15, 0.2) is 0 Å². The molecular weight excluding hydrogens is 517 g/mol. The minimum atomic E-state index is -0.420. The van der Waals surface area contributed by atoms with E-state index in [0.717, 1.165) is 40.9 Å². The quantitative estimate of drug-likeness (QED) is 0.133. The van der Waals surface area contributed by atoms with E-state index >= 15 is 0 Å². The van der Waals surface area contributed by atoms with Crippen molar-refractivity contribution >= 4 is 46.4 Å². The molecule has 1 fully saturated rings. The van der Waals surface area contributed by atoms with Crippen molar-refractivity contribution in [1.82, 2.24) is 9.61 Å². The van der Waals surface area contributed by atoms with Crippen molar-refractivity contribution in [3.63, 3.8) is 0 Å². The fraction of sp³-hybridized carbons (Fsp3) is 0.276. The number of aliphatic imine (C=N–C) groups is 1. The predicted molar refractivity (Wildman–Crippen MR) is 157 cm³/mol. The van der Waals surface area contributed by atoms with Crippen molar-refractivity contribution in [1.29, 1.82) is 0 Å². The normalized spacial score (nSPS) is 14.0. The van der Waals surface area contributed by atoms with Gasteiger partial charge in [0.25, 0.3) is 0 Å². The fourth-order valence-corrected chi connectivity index (χ4v) is 5.07. The zero-order valence-corrected chi connectivity index (χ0v) is 22.8. The molecule has 1 aliphatic carbocycles. The van der Waals surface area contributed by atoms with Crippen molar-refractivity contribution < 1.29 is 9.18 Å². The summed E-state index contributed by atoms with van der Waals surface area (Å²) in [6.07, 6.45) is 9.84. The number of aryl methyl sites for hydroxylation is 1. The van der Waals surface area contributed by atoms with Gasteiger partial charge in [-0.3, -0.25) is 4.79 Å². The van der Waals surface area contributed by atoms with Gasteiger partial charge in [-0.05, 0) is 61.2 Å². The molecule has 4 aromatic rings. The number of carbonyl (C=O) groups excluding carboxylic acids is 1. The molecule has 2 aromatic carbocycles. The highest BCUT2D eigenvalue weighted by molar-refractivity contribution is 6.33. The van der Waals surface area contributed by atoms with Crippen LogP contribution in [-0.4, -0.2) is 34.9 Å². The molecule has 0 saturated heterocycles. The second kappa shape index (κ2) is 12.6. The molecule has 1 aliphatic rings. The molecule has 0 radical (unpaired) electrons. The minimum Gasteiger partial charge on any atom is -0.388 e. The highest BCUT2D eigenvalue weighted by Gasteiger charge is 2.20. The maximum Gasteiger partial charge on any atom is 0.204 e. The Morgan fingerprint density at radius 1 is 1.18 bits per heavy atom. The number of halogens is 2. The zero-order chi connectivity index (χ0) is 27.9. The first-order valence-corrected chi connectivity index (χ1v) is 13.2. The van der Waals surface area contributed by atoms with Gasteiger partial charge in [0, 0.05) is 36.6 Å². The van der Waals surface area contributed by atoms with Crippen LogP contribution in [0.5, 0.6) is 0 Å². The molecule has 2 aromatic heterocycles. The molecule has 204 valence electrons. The summed E-state index contributed by atoms with van der Waals surface area (Å²) in [7, 11) is 1.92. The molecule has 6 N–H and O–H groups in total. The smallest absolute Gasteiger partial charge is 0.204 e. The first kappa shape index (κ1) is 27.9. The van der Waals surface area contributed by atoms with Gasteiger partial charge in [0.2, 0.25) is 6.41 Å². The predicted octanol–water partition coefficient (Wildman–Crippen LogP) is 6.03. The van der Waals surface area contributed by atoms with E-state index in [9.17, 15) is 4.39 Å². The Balaban J connectivity index is 0.00000112. The number of fused-ring (bicyclic) bond motifs is 1. The maximum atomic E-state index is 13.8. The summed E-state index contributed by atoms with van der Waals surface area (Å²) in [4.78, 5) is 13.1. The van der Waals surface area contributed by atoms with Gasteiger partial charge in [-0.25, -0.2) is 13.9 Å². The molecule has 5 rings (SSSR count). The first-order valence-electron chi connectivity index (χ1n) is 12.9. The van der Waals surface area contributed by atoms with Gasteiger partial charge in [0.05, 0.1) is 33.7 Å². The van der Waals surface area contributed by atoms with Gasteiger partial charge >= 0.3 is 0 Å². The number of aromatic nitrogens is 2. The first-order chi connectivity index (χ1) is 18.8. The van der Waals surface area contributed by atoms with Gasteiger partial charge in [-0.1, -0.05) is 36.9 Å². The number of benzene rings is 2. The Morgan fingerprint density at radius 3 is 2.62 bits per heavy atom. The SMILES string of the molecule is CNc1ccc(-c2cc3c(NC4CCCCC4)c(C(N)=Nc4cc(F)ccc4Cl)cnn3c2)c(C)c1.NC=O. The van der Waals surface area contributed by atoms with Crippen LogP contribution in [0.4, 0.5) is 21.5 Å². The van der Waals surface area contributed by atoms with E-state index in [4.69, 9.17) is 22.1 Å². The Kier molecular flexibility index (Phi) is 9.03. The van der Waals surface area contributed by atoms with E-state index < -0.39 is 5.82 Å². The van der Waals surface area contributed by atoms with Crippen LogP contribution in [0.25, 0.3) is 16.6 Å².